The van der Waals surface area contributed by atoms with E-state index in [4.69, 9.17) is 4.74 Å². The molecule has 0 aromatic heterocycles. The van der Waals surface area contributed by atoms with Gasteiger partial charge in [0, 0.05) is 5.56 Å². The Kier molecular flexibility index (Phi) is 4.08. The van der Waals surface area contributed by atoms with Gasteiger partial charge in [-0.1, -0.05) is 54.6 Å². The van der Waals surface area contributed by atoms with Crippen molar-refractivity contribution in [3.63, 3.8) is 0 Å². The van der Waals surface area contributed by atoms with Crippen molar-refractivity contribution in [3.05, 3.63) is 71.3 Å². The van der Waals surface area contributed by atoms with Crippen LogP contribution in [0.2, 0.25) is 0 Å². The summed E-state index contributed by atoms with van der Waals surface area (Å²) in [6.45, 7) is 1.90. The molecule has 0 saturated carbocycles. The van der Waals surface area contributed by atoms with Gasteiger partial charge in [0.1, 0.15) is 6.61 Å². The highest BCUT2D eigenvalue weighted by Gasteiger charge is 2.19. The van der Waals surface area contributed by atoms with Crippen molar-refractivity contribution in [1.29, 1.82) is 0 Å². The number of aryl methyl sites for hydroxylation is 1. The minimum Gasteiger partial charge on any atom is -0.455 e. The van der Waals surface area contributed by atoms with Crippen molar-refractivity contribution in [1.82, 2.24) is 0 Å². The molecule has 0 unspecified atom stereocenters. The fourth-order valence-corrected chi connectivity index (χ4v) is 1.73. The van der Waals surface area contributed by atoms with Gasteiger partial charge in [-0.3, -0.25) is 4.79 Å². The van der Waals surface area contributed by atoms with Gasteiger partial charge < -0.3 is 4.74 Å². The van der Waals surface area contributed by atoms with Crippen molar-refractivity contribution < 1.29 is 14.3 Å². The highest BCUT2D eigenvalue weighted by Crippen LogP contribution is 2.09. The minimum atomic E-state index is -0.821. The Morgan fingerprint density at radius 1 is 0.947 bits per heavy atom. The van der Waals surface area contributed by atoms with Gasteiger partial charge in [0.15, 0.2) is 0 Å². The average Bonchev–Trinajstić information content (AvgIpc) is 2.45. The summed E-state index contributed by atoms with van der Waals surface area (Å²) < 4.78 is 5.01. The predicted octanol–water partition coefficient (Wildman–Crippen LogP) is 2.92. The van der Waals surface area contributed by atoms with Crippen LogP contribution in [0.25, 0.3) is 0 Å². The van der Waals surface area contributed by atoms with Crippen LogP contribution in [0.15, 0.2) is 54.6 Å². The molecule has 0 aliphatic rings. The Bertz CT molecular complexity index is 588. The molecule has 0 aliphatic heterocycles. The first kappa shape index (κ1) is 13.0. The van der Waals surface area contributed by atoms with E-state index in [0.717, 1.165) is 11.1 Å². The van der Waals surface area contributed by atoms with Crippen LogP contribution < -0.4 is 0 Å². The maximum Gasteiger partial charge on any atom is 0.380 e. The van der Waals surface area contributed by atoms with Crippen LogP contribution in [0.3, 0.4) is 0 Å². The number of ether oxygens (including phenoxy) is 1. The van der Waals surface area contributed by atoms with E-state index in [2.05, 4.69) is 0 Å². The lowest BCUT2D eigenvalue weighted by molar-refractivity contribution is -0.139. The molecular formula is C16H14O3. The summed E-state index contributed by atoms with van der Waals surface area (Å²) in [6, 6.07) is 16.2. The number of ketones is 1. The van der Waals surface area contributed by atoms with Crippen LogP contribution in [-0.4, -0.2) is 11.8 Å². The summed E-state index contributed by atoms with van der Waals surface area (Å²) in [7, 11) is 0. The highest BCUT2D eigenvalue weighted by molar-refractivity contribution is 6.40. The Morgan fingerprint density at radius 3 is 2.26 bits per heavy atom. The lowest BCUT2D eigenvalue weighted by Crippen LogP contribution is -2.18. The number of rotatable bonds is 4. The highest BCUT2D eigenvalue weighted by atomic mass is 16.5. The molecule has 3 nitrogen and oxygen atoms in total. The molecule has 0 bridgehead atoms. The Labute approximate surface area is 111 Å². The van der Waals surface area contributed by atoms with Crippen LogP contribution in [0, 0.1) is 6.92 Å². The molecule has 3 heteroatoms. The van der Waals surface area contributed by atoms with Gasteiger partial charge in [0.2, 0.25) is 0 Å². The number of esters is 1. The van der Waals surface area contributed by atoms with E-state index in [1.165, 1.54) is 0 Å². The SMILES string of the molecule is Cc1ccccc1C(=O)C(=O)OCc1ccccc1. The molecule has 0 saturated heterocycles. The summed E-state index contributed by atoms with van der Waals surface area (Å²) in [5.74, 6) is -1.42. The molecule has 0 heterocycles. The normalized spacial score (nSPS) is 9.95. The van der Waals surface area contributed by atoms with Crippen molar-refractivity contribution in [3.8, 4) is 0 Å². The second kappa shape index (κ2) is 5.96. The van der Waals surface area contributed by atoms with E-state index < -0.39 is 11.8 Å². The summed E-state index contributed by atoms with van der Waals surface area (Å²) in [6.07, 6.45) is 0. The third-order valence-corrected chi connectivity index (χ3v) is 2.79. The van der Waals surface area contributed by atoms with Crippen molar-refractivity contribution in [2.24, 2.45) is 0 Å². The second-order valence-electron chi connectivity index (χ2n) is 4.21. The first-order valence-electron chi connectivity index (χ1n) is 5.99. The molecule has 2 aromatic rings. The quantitative estimate of drug-likeness (QED) is 0.478. The van der Waals surface area contributed by atoms with Crippen LogP contribution in [-0.2, 0) is 16.1 Å². The van der Waals surface area contributed by atoms with Crippen LogP contribution in [0.1, 0.15) is 21.5 Å². The zero-order valence-electron chi connectivity index (χ0n) is 10.6. The van der Waals surface area contributed by atoms with Gasteiger partial charge in [0.05, 0.1) is 0 Å². The number of hydrogen-bond acceptors (Lipinski definition) is 3. The molecule has 0 aliphatic carbocycles. The number of benzene rings is 2. The number of carbonyl (C=O) groups excluding carboxylic acids is 2. The standard InChI is InChI=1S/C16H14O3/c1-12-7-5-6-10-14(12)15(17)16(18)19-11-13-8-3-2-4-9-13/h2-10H,11H2,1H3. The zero-order chi connectivity index (χ0) is 13.7. The van der Waals surface area contributed by atoms with Crippen molar-refractivity contribution in [2.75, 3.05) is 0 Å². The zero-order valence-corrected chi connectivity index (χ0v) is 10.6. The fraction of sp³-hybridized carbons (Fsp3) is 0.125. The first-order chi connectivity index (χ1) is 9.18. The average molecular weight is 254 g/mol. The summed E-state index contributed by atoms with van der Waals surface area (Å²) in [5, 5.41) is 0. The molecule has 0 spiro atoms. The van der Waals surface area contributed by atoms with Gasteiger partial charge in [-0.15, -0.1) is 0 Å². The van der Waals surface area contributed by atoms with E-state index in [1.807, 2.05) is 36.4 Å². The number of hydrogen-bond donors (Lipinski definition) is 0. The molecule has 0 N–H and O–H groups in total. The first-order valence-corrected chi connectivity index (χ1v) is 5.99. The van der Waals surface area contributed by atoms with E-state index in [-0.39, 0.29) is 6.61 Å². The molecule has 2 rings (SSSR count). The van der Waals surface area contributed by atoms with E-state index in [9.17, 15) is 9.59 Å². The lowest BCUT2D eigenvalue weighted by atomic mass is 10.1. The van der Waals surface area contributed by atoms with Gasteiger partial charge in [0.25, 0.3) is 5.78 Å². The van der Waals surface area contributed by atoms with E-state index in [0.29, 0.717) is 5.56 Å². The van der Waals surface area contributed by atoms with Crippen molar-refractivity contribution >= 4 is 11.8 Å². The molecule has 0 amide bonds. The minimum absolute atomic E-state index is 0.108. The monoisotopic (exact) mass is 254 g/mol. The number of carbonyl (C=O) groups is 2. The third-order valence-electron chi connectivity index (χ3n) is 2.79. The van der Waals surface area contributed by atoms with E-state index in [1.54, 1.807) is 25.1 Å². The molecule has 0 fully saturated rings. The molecule has 0 radical (unpaired) electrons. The van der Waals surface area contributed by atoms with Gasteiger partial charge in [-0.25, -0.2) is 4.79 Å². The topological polar surface area (TPSA) is 43.4 Å². The third kappa shape index (κ3) is 3.28. The van der Waals surface area contributed by atoms with Crippen LogP contribution in [0.4, 0.5) is 0 Å². The molecule has 19 heavy (non-hydrogen) atoms. The molecule has 0 atom stereocenters. The second-order valence-corrected chi connectivity index (χ2v) is 4.21. The maximum absolute atomic E-state index is 11.9. The summed E-state index contributed by atoms with van der Waals surface area (Å²) in [5.41, 5.74) is 2.01. The Balaban J connectivity index is 2.01. The predicted molar refractivity (Wildman–Crippen MR) is 71.7 cm³/mol. The van der Waals surface area contributed by atoms with Gasteiger partial charge in [-0.05, 0) is 18.1 Å². The van der Waals surface area contributed by atoms with Crippen molar-refractivity contribution in [2.45, 2.75) is 13.5 Å². The van der Waals surface area contributed by atoms with Crippen LogP contribution in [0.5, 0.6) is 0 Å². The largest absolute Gasteiger partial charge is 0.455 e. The van der Waals surface area contributed by atoms with Gasteiger partial charge >= 0.3 is 5.97 Å². The summed E-state index contributed by atoms with van der Waals surface area (Å²) >= 11 is 0. The Morgan fingerprint density at radius 2 is 1.58 bits per heavy atom. The molecular weight excluding hydrogens is 240 g/mol. The fourth-order valence-electron chi connectivity index (χ4n) is 1.73. The summed E-state index contributed by atoms with van der Waals surface area (Å²) in [4.78, 5) is 23.6. The van der Waals surface area contributed by atoms with Crippen LogP contribution >= 0.6 is 0 Å². The molecule has 2 aromatic carbocycles. The van der Waals surface area contributed by atoms with Gasteiger partial charge in [-0.2, -0.15) is 0 Å². The van der Waals surface area contributed by atoms with E-state index >= 15 is 0 Å². The molecule has 96 valence electrons. The Hall–Kier alpha value is -2.42. The maximum atomic E-state index is 11.9. The smallest absolute Gasteiger partial charge is 0.380 e. The lowest BCUT2D eigenvalue weighted by Gasteiger charge is -2.05. The number of Topliss-reactive ketones (excluding diaryl/α,β-unsaturated/α-hetero) is 1.